The van der Waals surface area contributed by atoms with Gasteiger partial charge in [-0.3, -0.25) is 14.6 Å². The Balaban J connectivity index is 0.915. The molecular weight excluding hydrogens is 545 g/mol. The van der Waals surface area contributed by atoms with Gasteiger partial charge in [0.15, 0.2) is 6.29 Å². The summed E-state index contributed by atoms with van der Waals surface area (Å²) in [7, 11) is 1.71. The molecule has 0 radical (unpaired) electrons. The molecule has 43 heavy (non-hydrogen) atoms. The maximum Gasteiger partial charge on any atom is 0.153 e. The van der Waals surface area contributed by atoms with Crippen LogP contribution < -0.4 is 14.4 Å². The van der Waals surface area contributed by atoms with Crippen LogP contribution in [0, 0.1) is 11.2 Å². The van der Waals surface area contributed by atoms with Crippen molar-refractivity contribution in [3.05, 3.63) is 77.9 Å². The Hall–Kier alpha value is -3.95. The van der Waals surface area contributed by atoms with E-state index in [-0.39, 0.29) is 5.82 Å². The molecule has 2 aromatic carbocycles. The summed E-state index contributed by atoms with van der Waals surface area (Å²) in [6.07, 6.45) is 8.56. The zero-order valence-electron chi connectivity index (χ0n) is 24.6. The second-order valence-electron chi connectivity index (χ2n) is 12.4. The molecule has 2 aliphatic heterocycles. The smallest absolute Gasteiger partial charge is 0.153 e. The molecule has 224 valence electrons. The number of piperidine rings is 1. The summed E-state index contributed by atoms with van der Waals surface area (Å²) in [4.78, 5) is 26.5. The number of pyridine rings is 1. The average Bonchev–Trinajstić information content (AvgIpc) is 3.40. The second-order valence-corrected chi connectivity index (χ2v) is 12.4. The van der Waals surface area contributed by atoms with Crippen LogP contribution in [0.25, 0.3) is 11.0 Å². The minimum Gasteiger partial charge on any atom is -0.497 e. The number of anilines is 1. The van der Waals surface area contributed by atoms with Gasteiger partial charge >= 0.3 is 0 Å². The van der Waals surface area contributed by atoms with E-state index in [2.05, 4.69) is 36.8 Å². The summed E-state index contributed by atoms with van der Waals surface area (Å²) in [6.45, 7) is 7.51. The molecule has 8 nitrogen and oxygen atoms in total. The number of methoxy groups -OCH3 is 1. The Morgan fingerprint density at radius 2 is 1.77 bits per heavy atom. The highest BCUT2D eigenvalue weighted by molar-refractivity contribution is 5.82. The van der Waals surface area contributed by atoms with Crippen molar-refractivity contribution in [2.45, 2.75) is 38.3 Å². The highest BCUT2D eigenvalue weighted by Crippen LogP contribution is 2.51. The number of aromatic amines is 1. The maximum absolute atomic E-state index is 14.1. The van der Waals surface area contributed by atoms with E-state index in [0.29, 0.717) is 39.6 Å². The molecule has 0 amide bonds. The summed E-state index contributed by atoms with van der Waals surface area (Å²) in [5.41, 5.74) is 3.75. The number of nitrogens with one attached hydrogen (secondary N) is 1. The number of carbonyl (C=O) groups excluding carboxylic acids is 1. The molecule has 0 atom stereocenters. The number of hydrogen-bond acceptors (Lipinski definition) is 7. The minimum atomic E-state index is -0.384. The number of hydrogen-bond donors (Lipinski definition) is 1. The van der Waals surface area contributed by atoms with Gasteiger partial charge in [0, 0.05) is 69.8 Å². The number of benzene rings is 2. The number of ether oxygens (including phenoxy) is 2. The van der Waals surface area contributed by atoms with Crippen LogP contribution in [0.4, 0.5) is 10.1 Å². The second kappa shape index (κ2) is 11.6. The SMILES string of the molecule is COc1ccc(CN2CCN(C3CC4(CCN(c5ccc(C=O)c(Oc6cnc7[nH]cc(F)c7c6)c5)CC4)C3)CC2)cc1. The lowest BCUT2D eigenvalue weighted by Gasteiger charge is -2.56. The van der Waals surface area contributed by atoms with Crippen LogP contribution in [-0.4, -0.2) is 78.5 Å². The molecule has 9 heteroatoms. The van der Waals surface area contributed by atoms with E-state index in [0.717, 1.165) is 63.5 Å². The lowest BCUT2D eigenvalue weighted by atomic mass is 9.60. The largest absolute Gasteiger partial charge is 0.497 e. The molecule has 4 aromatic rings. The fraction of sp³-hybridized carbons (Fsp3) is 0.412. The third kappa shape index (κ3) is 5.71. The molecule has 1 aliphatic carbocycles. The van der Waals surface area contributed by atoms with Crippen LogP contribution in [0.5, 0.6) is 17.2 Å². The highest BCUT2D eigenvalue weighted by Gasteiger charge is 2.48. The van der Waals surface area contributed by atoms with Crippen LogP contribution >= 0.6 is 0 Å². The molecule has 2 aromatic heterocycles. The number of halogens is 1. The van der Waals surface area contributed by atoms with E-state index in [4.69, 9.17) is 9.47 Å². The van der Waals surface area contributed by atoms with Crippen molar-refractivity contribution in [3.8, 4) is 17.2 Å². The molecule has 2 saturated heterocycles. The molecule has 4 heterocycles. The number of rotatable bonds is 8. The van der Waals surface area contributed by atoms with Crippen molar-refractivity contribution in [1.29, 1.82) is 0 Å². The summed E-state index contributed by atoms with van der Waals surface area (Å²) < 4.78 is 25.4. The molecule has 1 spiro atoms. The van der Waals surface area contributed by atoms with E-state index in [1.54, 1.807) is 19.2 Å². The van der Waals surface area contributed by atoms with Crippen molar-refractivity contribution >= 4 is 23.0 Å². The number of fused-ring (bicyclic) bond motifs is 1. The molecule has 3 aliphatic rings. The van der Waals surface area contributed by atoms with Gasteiger partial charge in [-0.1, -0.05) is 12.1 Å². The van der Waals surface area contributed by atoms with Gasteiger partial charge in [-0.05, 0) is 67.0 Å². The van der Waals surface area contributed by atoms with Crippen molar-refractivity contribution in [2.75, 3.05) is 51.3 Å². The summed E-state index contributed by atoms with van der Waals surface area (Å²) in [5.74, 6) is 1.38. The zero-order chi connectivity index (χ0) is 29.4. The number of H-pyrrole nitrogens is 1. The van der Waals surface area contributed by atoms with Crippen LogP contribution in [0.1, 0.15) is 41.6 Å². The fourth-order valence-corrected chi connectivity index (χ4v) is 7.16. The molecule has 0 unspecified atom stereocenters. The van der Waals surface area contributed by atoms with Crippen molar-refractivity contribution in [3.63, 3.8) is 0 Å². The van der Waals surface area contributed by atoms with Gasteiger partial charge in [-0.2, -0.15) is 0 Å². The van der Waals surface area contributed by atoms with Crippen LogP contribution in [0.3, 0.4) is 0 Å². The van der Waals surface area contributed by atoms with Gasteiger partial charge in [0.05, 0.1) is 24.3 Å². The first kappa shape index (κ1) is 27.9. The normalized spacial score (nSPS) is 19.4. The van der Waals surface area contributed by atoms with Crippen molar-refractivity contribution < 1.29 is 18.7 Å². The van der Waals surface area contributed by atoms with Gasteiger partial charge in [-0.25, -0.2) is 9.37 Å². The maximum atomic E-state index is 14.1. The van der Waals surface area contributed by atoms with E-state index in [1.807, 2.05) is 24.3 Å². The van der Waals surface area contributed by atoms with E-state index in [1.165, 1.54) is 43.6 Å². The number of aromatic nitrogens is 2. The average molecular weight is 584 g/mol. The fourth-order valence-electron chi connectivity index (χ4n) is 7.16. The summed E-state index contributed by atoms with van der Waals surface area (Å²) in [5, 5.41) is 0.358. The molecule has 3 fully saturated rings. The standard InChI is InChI=1S/C34H38FN5O3/c1-42-28-6-2-24(3-7-28)22-38-12-14-40(15-13-38)27-18-34(19-27)8-10-39(11-9-34)26-5-4-25(23-41)32(16-26)43-29-17-30-31(35)21-37-33(30)36-20-29/h2-7,16-17,20-21,23,27H,8-15,18-19,22H2,1H3,(H,36,37). The highest BCUT2D eigenvalue weighted by atomic mass is 19.1. The summed E-state index contributed by atoms with van der Waals surface area (Å²) >= 11 is 0. The molecular formula is C34H38FN5O3. The number of nitrogens with zero attached hydrogens (tertiary/aromatic N) is 4. The van der Waals surface area contributed by atoms with E-state index >= 15 is 0 Å². The first-order valence-electron chi connectivity index (χ1n) is 15.2. The van der Waals surface area contributed by atoms with Gasteiger partial charge in [0.25, 0.3) is 0 Å². The lowest BCUT2D eigenvalue weighted by Crippen LogP contribution is -2.59. The predicted molar refractivity (Wildman–Crippen MR) is 165 cm³/mol. The Labute approximate surface area is 251 Å². The predicted octanol–water partition coefficient (Wildman–Crippen LogP) is 5.88. The first-order chi connectivity index (χ1) is 21.0. The quantitative estimate of drug-likeness (QED) is 0.260. The third-order valence-corrected chi connectivity index (χ3v) is 9.82. The molecule has 1 N–H and O–H groups in total. The lowest BCUT2D eigenvalue weighted by molar-refractivity contribution is -0.0355. The first-order valence-corrected chi connectivity index (χ1v) is 15.2. The van der Waals surface area contributed by atoms with Crippen molar-refractivity contribution in [1.82, 2.24) is 19.8 Å². The minimum absolute atomic E-state index is 0.358. The van der Waals surface area contributed by atoms with E-state index in [9.17, 15) is 9.18 Å². The Kier molecular flexibility index (Phi) is 7.53. The van der Waals surface area contributed by atoms with Gasteiger partial charge < -0.3 is 19.4 Å². The van der Waals surface area contributed by atoms with Gasteiger partial charge in [0.1, 0.15) is 28.7 Å². The topological polar surface area (TPSA) is 73.9 Å². The molecule has 7 rings (SSSR count). The Bertz CT molecular complexity index is 1580. The van der Waals surface area contributed by atoms with Crippen LogP contribution in [-0.2, 0) is 6.54 Å². The van der Waals surface area contributed by atoms with Crippen LogP contribution in [0.2, 0.25) is 0 Å². The Morgan fingerprint density at radius 3 is 2.49 bits per heavy atom. The van der Waals surface area contributed by atoms with E-state index < -0.39 is 0 Å². The van der Waals surface area contributed by atoms with Gasteiger partial charge in [0.2, 0.25) is 0 Å². The van der Waals surface area contributed by atoms with Crippen LogP contribution in [0.15, 0.2) is 60.9 Å². The van der Waals surface area contributed by atoms with Crippen molar-refractivity contribution in [2.24, 2.45) is 5.41 Å². The Morgan fingerprint density at radius 1 is 1.00 bits per heavy atom. The number of aldehydes is 1. The van der Waals surface area contributed by atoms with Gasteiger partial charge in [-0.15, -0.1) is 0 Å². The molecule has 0 bridgehead atoms. The number of carbonyl (C=O) groups is 1. The third-order valence-electron chi connectivity index (χ3n) is 9.82. The molecule has 1 saturated carbocycles. The number of piperazine rings is 1. The monoisotopic (exact) mass is 583 g/mol. The zero-order valence-corrected chi connectivity index (χ0v) is 24.6. The summed E-state index contributed by atoms with van der Waals surface area (Å²) in [6, 6.07) is 16.5.